The van der Waals surface area contributed by atoms with E-state index < -0.39 is 11.9 Å². The summed E-state index contributed by atoms with van der Waals surface area (Å²) >= 11 is 0. The molecule has 0 spiro atoms. The van der Waals surface area contributed by atoms with Gasteiger partial charge >= 0.3 is 5.97 Å². The van der Waals surface area contributed by atoms with Crippen LogP contribution in [0.3, 0.4) is 0 Å². The number of nitrogens with zero attached hydrogens (tertiary/aromatic N) is 2. The summed E-state index contributed by atoms with van der Waals surface area (Å²) in [6, 6.07) is 6.44. The van der Waals surface area contributed by atoms with Crippen molar-refractivity contribution in [3.8, 4) is 6.07 Å². The van der Waals surface area contributed by atoms with Crippen LogP contribution in [-0.4, -0.2) is 38.1 Å². The first-order valence-corrected chi connectivity index (χ1v) is 9.79. The first kappa shape index (κ1) is 19.2. The van der Waals surface area contributed by atoms with Crippen LogP contribution in [0.1, 0.15) is 42.9 Å². The molecule has 1 aromatic carbocycles. The molecular weight excluding hydrogens is 342 g/mol. The van der Waals surface area contributed by atoms with Gasteiger partial charge in [0.25, 0.3) is 0 Å². The van der Waals surface area contributed by atoms with Crippen LogP contribution in [-0.2, 0) is 33.6 Å². The summed E-state index contributed by atoms with van der Waals surface area (Å²) in [6.07, 6.45) is 5.39. The Balaban J connectivity index is 1.61. The molecule has 6 nitrogen and oxygen atoms in total. The number of aryl methyl sites for hydroxylation is 2. The Kier molecular flexibility index (Phi) is 6.33. The van der Waals surface area contributed by atoms with Gasteiger partial charge in [0.05, 0.1) is 12.7 Å². The predicted molar refractivity (Wildman–Crippen MR) is 102 cm³/mol. The Morgan fingerprint density at radius 1 is 1.26 bits per heavy atom. The number of esters is 1. The van der Waals surface area contributed by atoms with Gasteiger partial charge in [-0.3, -0.25) is 9.59 Å². The number of amides is 1. The highest BCUT2D eigenvalue weighted by atomic mass is 16.5. The fraction of sp³-hybridized carbons (Fsp3) is 0.571. The Bertz CT molecular complexity index is 723. The zero-order valence-electron chi connectivity index (χ0n) is 15.9. The fourth-order valence-electron chi connectivity index (χ4n) is 4.02. The normalized spacial score (nSPS) is 16.1. The molecule has 6 heteroatoms. The second-order valence-electron chi connectivity index (χ2n) is 7.35. The van der Waals surface area contributed by atoms with E-state index in [1.54, 1.807) is 0 Å². The SMILES string of the molecule is CC(=O)NCCCOC(=O)C(C#N)Cc1cc2c3c(c1)CCCN3CCC2. The summed E-state index contributed by atoms with van der Waals surface area (Å²) < 4.78 is 5.23. The number of carbonyl (C=O) groups excluding carboxylic acids is 2. The minimum atomic E-state index is -0.792. The molecule has 2 heterocycles. The lowest BCUT2D eigenvalue weighted by molar-refractivity contribution is -0.146. The van der Waals surface area contributed by atoms with Crippen LogP contribution in [0.2, 0.25) is 0 Å². The van der Waals surface area contributed by atoms with Crippen LogP contribution in [0.25, 0.3) is 0 Å². The molecule has 0 bridgehead atoms. The number of ether oxygens (including phenoxy) is 1. The molecule has 0 aromatic heterocycles. The standard InChI is InChI=1S/C21H27N3O3/c1-15(25)23-7-4-10-27-21(26)19(14-22)13-16-11-17-5-2-8-24-9-3-6-18(12-16)20(17)24/h11-12,19H,2-10,13H2,1H3,(H,23,25). The highest BCUT2D eigenvalue weighted by molar-refractivity contribution is 5.76. The average Bonchev–Trinajstić information content (AvgIpc) is 2.66. The number of carbonyl (C=O) groups is 2. The van der Waals surface area contributed by atoms with E-state index in [1.807, 2.05) is 0 Å². The highest BCUT2D eigenvalue weighted by Crippen LogP contribution is 2.36. The summed E-state index contributed by atoms with van der Waals surface area (Å²) in [6.45, 7) is 4.38. The van der Waals surface area contributed by atoms with Crippen molar-refractivity contribution in [2.24, 2.45) is 5.92 Å². The molecular formula is C21H27N3O3. The van der Waals surface area contributed by atoms with Gasteiger partial charge in [-0.05, 0) is 55.2 Å². The molecule has 0 radical (unpaired) electrons. The number of anilines is 1. The second-order valence-corrected chi connectivity index (χ2v) is 7.35. The number of hydrogen-bond acceptors (Lipinski definition) is 5. The van der Waals surface area contributed by atoms with Crippen molar-refractivity contribution >= 4 is 17.6 Å². The largest absolute Gasteiger partial charge is 0.465 e. The Morgan fingerprint density at radius 2 is 1.93 bits per heavy atom. The van der Waals surface area contributed by atoms with Crippen molar-refractivity contribution in [1.82, 2.24) is 5.32 Å². The van der Waals surface area contributed by atoms with Crippen molar-refractivity contribution in [3.05, 3.63) is 28.8 Å². The maximum atomic E-state index is 12.2. The topological polar surface area (TPSA) is 82.4 Å². The van der Waals surface area contributed by atoms with Crippen molar-refractivity contribution in [1.29, 1.82) is 5.26 Å². The zero-order chi connectivity index (χ0) is 19.2. The second kappa shape index (κ2) is 8.90. The minimum absolute atomic E-state index is 0.105. The van der Waals surface area contributed by atoms with E-state index >= 15 is 0 Å². The van der Waals surface area contributed by atoms with Gasteiger partial charge in [0.2, 0.25) is 5.91 Å². The van der Waals surface area contributed by atoms with E-state index in [1.165, 1.54) is 23.7 Å². The minimum Gasteiger partial charge on any atom is -0.465 e. The van der Waals surface area contributed by atoms with Gasteiger partial charge in [-0.15, -0.1) is 0 Å². The summed E-state index contributed by atoms with van der Waals surface area (Å²) in [5.41, 5.74) is 5.15. The molecule has 2 aliphatic heterocycles. The van der Waals surface area contributed by atoms with Gasteiger partial charge in [-0.2, -0.15) is 5.26 Å². The molecule has 1 aromatic rings. The quantitative estimate of drug-likeness (QED) is 0.588. The number of nitrogens with one attached hydrogen (secondary N) is 1. The molecule has 1 N–H and O–H groups in total. The van der Waals surface area contributed by atoms with Gasteiger partial charge in [-0.25, -0.2) is 0 Å². The molecule has 1 amide bonds. The highest BCUT2D eigenvalue weighted by Gasteiger charge is 2.26. The first-order valence-electron chi connectivity index (χ1n) is 9.79. The van der Waals surface area contributed by atoms with E-state index in [-0.39, 0.29) is 12.5 Å². The summed E-state index contributed by atoms with van der Waals surface area (Å²) in [5, 5.41) is 12.1. The molecule has 144 valence electrons. The molecule has 27 heavy (non-hydrogen) atoms. The third kappa shape index (κ3) is 4.79. The zero-order valence-corrected chi connectivity index (χ0v) is 15.9. The molecule has 0 saturated heterocycles. The third-order valence-electron chi connectivity index (χ3n) is 5.21. The van der Waals surface area contributed by atoms with Crippen molar-refractivity contribution in [2.75, 3.05) is 31.1 Å². The van der Waals surface area contributed by atoms with Crippen LogP contribution in [0, 0.1) is 17.2 Å². The van der Waals surface area contributed by atoms with Crippen molar-refractivity contribution in [3.63, 3.8) is 0 Å². The van der Waals surface area contributed by atoms with Crippen LogP contribution >= 0.6 is 0 Å². The monoisotopic (exact) mass is 369 g/mol. The van der Waals surface area contributed by atoms with Crippen LogP contribution < -0.4 is 10.2 Å². The Morgan fingerprint density at radius 3 is 2.52 bits per heavy atom. The number of rotatable bonds is 7. The summed E-state index contributed by atoms with van der Waals surface area (Å²) in [4.78, 5) is 25.5. The molecule has 0 saturated carbocycles. The van der Waals surface area contributed by atoms with E-state index in [0.717, 1.165) is 44.3 Å². The summed E-state index contributed by atoms with van der Waals surface area (Å²) in [5.74, 6) is -1.38. The molecule has 2 aliphatic rings. The van der Waals surface area contributed by atoms with Gasteiger partial charge in [0.1, 0.15) is 5.92 Å². The summed E-state index contributed by atoms with van der Waals surface area (Å²) in [7, 11) is 0. The van der Waals surface area contributed by atoms with E-state index in [9.17, 15) is 14.9 Å². The molecule has 1 atom stereocenters. The average molecular weight is 369 g/mol. The van der Waals surface area contributed by atoms with Gasteiger partial charge < -0.3 is 15.0 Å². The van der Waals surface area contributed by atoms with E-state index in [4.69, 9.17) is 4.74 Å². The molecule has 1 unspecified atom stereocenters. The number of nitriles is 1. The lowest BCUT2D eigenvalue weighted by Gasteiger charge is -2.37. The molecule has 3 rings (SSSR count). The third-order valence-corrected chi connectivity index (χ3v) is 5.21. The van der Waals surface area contributed by atoms with Gasteiger partial charge in [0, 0.05) is 32.2 Å². The smallest absolute Gasteiger partial charge is 0.323 e. The van der Waals surface area contributed by atoms with Crippen LogP contribution in [0.5, 0.6) is 0 Å². The van der Waals surface area contributed by atoms with E-state index in [2.05, 4.69) is 28.4 Å². The lowest BCUT2D eigenvalue weighted by Crippen LogP contribution is -2.34. The maximum Gasteiger partial charge on any atom is 0.323 e. The van der Waals surface area contributed by atoms with Crippen molar-refractivity contribution in [2.45, 2.75) is 45.4 Å². The molecule has 0 fully saturated rings. The number of benzene rings is 1. The molecule has 0 aliphatic carbocycles. The first-order chi connectivity index (χ1) is 13.1. The lowest BCUT2D eigenvalue weighted by atomic mass is 9.88. The van der Waals surface area contributed by atoms with E-state index in [0.29, 0.717) is 19.4 Å². The Hall–Kier alpha value is -2.55. The van der Waals surface area contributed by atoms with Gasteiger partial charge in [0.15, 0.2) is 0 Å². The Labute approximate surface area is 160 Å². The maximum absolute atomic E-state index is 12.2. The van der Waals surface area contributed by atoms with Crippen molar-refractivity contribution < 1.29 is 14.3 Å². The fourth-order valence-corrected chi connectivity index (χ4v) is 4.02. The predicted octanol–water partition coefficient (Wildman–Crippen LogP) is 2.14. The van der Waals surface area contributed by atoms with Crippen LogP contribution in [0.15, 0.2) is 12.1 Å². The van der Waals surface area contributed by atoms with Gasteiger partial charge in [-0.1, -0.05) is 12.1 Å². The number of hydrogen-bond donors (Lipinski definition) is 1. The van der Waals surface area contributed by atoms with Crippen LogP contribution in [0.4, 0.5) is 5.69 Å².